The zero-order valence-corrected chi connectivity index (χ0v) is 11.3. The molecule has 0 aliphatic rings. The molecule has 0 bridgehead atoms. The Morgan fingerprint density at radius 1 is 1.22 bits per heavy atom. The van der Waals surface area contributed by atoms with Crippen LogP contribution in [-0.4, -0.2) is 37.1 Å². The van der Waals surface area contributed by atoms with Gasteiger partial charge < -0.3 is 9.64 Å². The molecule has 0 atom stereocenters. The van der Waals surface area contributed by atoms with Gasteiger partial charge in [-0.1, -0.05) is 19.1 Å². The minimum atomic E-state index is 0.662. The van der Waals surface area contributed by atoms with Gasteiger partial charge in [-0.05, 0) is 43.6 Å². The van der Waals surface area contributed by atoms with Crippen molar-refractivity contribution in [2.45, 2.75) is 13.3 Å². The molecule has 0 spiro atoms. The molecule has 3 nitrogen and oxygen atoms in total. The zero-order valence-electron chi connectivity index (χ0n) is 11.3. The molecule has 0 aliphatic heterocycles. The lowest BCUT2D eigenvalue weighted by Gasteiger charge is -2.12. The van der Waals surface area contributed by atoms with E-state index in [-0.39, 0.29) is 0 Å². The fourth-order valence-electron chi connectivity index (χ4n) is 1.85. The highest BCUT2D eigenvalue weighted by Gasteiger charge is 2.04. The Morgan fingerprint density at radius 3 is 2.78 bits per heavy atom. The number of ether oxygens (including phenoxy) is 1. The van der Waals surface area contributed by atoms with Gasteiger partial charge in [0.2, 0.25) is 5.88 Å². The van der Waals surface area contributed by atoms with Crippen molar-refractivity contribution in [2.75, 3.05) is 27.2 Å². The first-order valence-corrected chi connectivity index (χ1v) is 6.36. The van der Waals surface area contributed by atoms with Crippen molar-refractivity contribution in [2.24, 2.45) is 0 Å². The van der Waals surface area contributed by atoms with E-state index in [1.807, 2.05) is 20.2 Å². The van der Waals surface area contributed by atoms with Crippen LogP contribution in [0, 0.1) is 0 Å². The smallest absolute Gasteiger partial charge is 0.221 e. The Hall–Kier alpha value is -1.61. The van der Waals surface area contributed by atoms with Gasteiger partial charge in [0.25, 0.3) is 0 Å². The van der Waals surface area contributed by atoms with Crippen molar-refractivity contribution in [1.82, 2.24) is 9.88 Å². The van der Waals surface area contributed by atoms with Gasteiger partial charge in [0.1, 0.15) is 6.61 Å². The second-order valence-corrected chi connectivity index (χ2v) is 4.68. The molecule has 96 valence electrons. The average molecular weight is 244 g/mol. The Bertz CT molecular complexity index is 523. The summed E-state index contributed by atoms with van der Waals surface area (Å²) in [5, 5.41) is 2.29. The number of rotatable bonds is 5. The molecule has 0 radical (unpaired) electrons. The fraction of sp³-hybridized carbons (Fsp3) is 0.400. The van der Waals surface area contributed by atoms with Crippen molar-refractivity contribution in [1.29, 1.82) is 0 Å². The molecule has 0 saturated heterocycles. The van der Waals surface area contributed by atoms with Crippen LogP contribution in [0.4, 0.5) is 0 Å². The third-order valence-corrected chi connectivity index (χ3v) is 2.98. The number of aromatic nitrogens is 1. The summed E-state index contributed by atoms with van der Waals surface area (Å²) >= 11 is 0. The van der Waals surface area contributed by atoms with Crippen LogP contribution in [0.5, 0.6) is 5.88 Å². The van der Waals surface area contributed by atoms with Crippen molar-refractivity contribution in [3.63, 3.8) is 0 Å². The Kier molecular flexibility index (Phi) is 4.15. The monoisotopic (exact) mass is 244 g/mol. The Morgan fingerprint density at radius 2 is 2.06 bits per heavy atom. The summed E-state index contributed by atoms with van der Waals surface area (Å²) < 4.78 is 5.78. The molecule has 2 rings (SSSR count). The minimum absolute atomic E-state index is 0.662. The molecule has 1 heterocycles. The van der Waals surface area contributed by atoms with E-state index < -0.39 is 0 Å². The van der Waals surface area contributed by atoms with E-state index in [9.17, 15) is 0 Å². The van der Waals surface area contributed by atoms with Crippen LogP contribution in [0.3, 0.4) is 0 Å². The van der Waals surface area contributed by atoms with Crippen molar-refractivity contribution >= 4 is 10.8 Å². The molecule has 18 heavy (non-hydrogen) atoms. The van der Waals surface area contributed by atoms with Crippen LogP contribution < -0.4 is 4.74 Å². The lowest BCUT2D eigenvalue weighted by molar-refractivity contribution is 0.256. The lowest BCUT2D eigenvalue weighted by atomic mass is 10.1. The number of hydrogen-bond donors (Lipinski definition) is 0. The van der Waals surface area contributed by atoms with E-state index in [1.54, 1.807) is 6.20 Å². The number of fused-ring (bicyclic) bond motifs is 1. The van der Waals surface area contributed by atoms with Gasteiger partial charge >= 0.3 is 0 Å². The number of pyridine rings is 1. The molecule has 0 aliphatic carbocycles. The normalized spacial score (nSPS) is 11.1. The fourth-order valence-corrected chi connectivity index (χ4v) is 1.85. The van der Waals surface area contributed by atoms with Gasteiger partial charge in [-0.2, -0.15) is 0 Å². The molecule has 1 aromatic heterocycles. The highest BCUT2D eigenvalue weighted by molar-refractivity contribution is 5.87. The topological polar surface area (TPSA) is 25.4 Å². The first-order chi connectivity index (χ1) is 8.70. The minimum Gasteiger partial charge on any atom is -0.476 e. The summed E-state index contributed by atoms with van der Waals surface area (Å²) in [6, 6.07) is 8.49. The SMILES string of the molecule is CCc1ccc2ccnc(OCCN(C)C)c2c1. The van der Waals surface area contributed by atoms with Gasteiger partial charge in [0.05, 0.1) is 0 Å². The molecule has 0 N–H and O–H groups in total. The van der Waals surface area contributed by atoms with Gasteiger partial charge in [0, 0.05) is 18.1 Å². The molecular formula is C15H20N2O. The van der Waals surface area contributed by atoms with E-state index in [0.717, 1.165) is 24.2 Å². The molecule has 1 aromatic carbocycles. The third-order valence-electron chi connectivity index (χ3n) is 2.98. The largest absolute Gasteiger partial charge is 0.476 e. The van der Waals surface area contributed by atoms with Crippen LogP contribution >= 0.6 is 0 Å². The summed E-state index contributed by atoms with van der Waals surface area (Å²) in [4.78, 5) is 6.44. The van der Waals surface area contributed by atoms with Gasteiger partial charge in [0.15, 0.2) is 0 Å². The maximum atomic E-state index is 5.78. The number of aryl methyl sites for hydroxylation is 1. The van der Waals surface area contributed by atoms with Crippen LogP contribution in [0.15, 0.2) is 30.5 Å². The Labute approximate surface area is 108 Å². The standard InChI is InChI=1S/C15H20N2O/c1-4-12-5-6-13-7-8-16-15(14(13)11-12)18-10-9-17(2)3/h5-8,11H,4,9-10H2,1-3H3. The molecule has 0 fully saturated rings. The highest BCUT2D eigenvalue weighted by atomic mass is 16.5. The summed E-state index contributed by atoms with van der Waals surface area (Å²) in [5.41, 5.74) is 1.31. The summed E-state index contributed by atoms with van der Waals surface area (Å²) in [6.45, 7) is 3.71. The van der Waals surface area contributed by atoms with E-state index in [0.29, 0.717) is 6.61 Å². The van der Waals surface area contributed by atoms with Crippen molar-refractivity contribution < 1.29 is 4.74 Å². The predicted octanol–water partition coefficient (Wildman–Crippen LogP) is 2.74. The lowest BCUT2D eigenvalue weighted by Crippen LogP contribution is -2.19. The van der Waals surface area contributed by atoms with Crippen LogP contribution in [0.1, 0.15) is 12.5 Å². The molecule has 3 heteroatoms. The van der Waals surface area contributed by atoms with E-state index in [1.165, 1.54) is 10.9 Å². The maximum Gasteiger partial charge on any atom is 0.221 e. The highest BCUT2D eigenvalue weighted by Crippen LogP contribution is 2.24. The van der Waals surface area contributed by atoms with Crippen LogP contribution in [0.25, 0.3) is 10.8 Å². The average Bonchev–Trinajstić information content (AvgIpc) is 2.38. The number of benzene rings is 1. The van der Waals surface area contributed by atoms with E-state index >= 15 is 0 Å². The Balaban J connectivity index is 2.25. The number of nitrogens with zero attached hydrogens (tertiary/aromatic N) is 2. The number of likely N-dealkylation sites (N-methyl/N-ethyl adjacent to an activating group) is 1. The first kappa shape index (κ1) is 12.8. The second-order valence-electron chi connectivity index (χ2n) is 4.68. The maximum absolute atomic E-state index is 5.78. The van der Waals surface area contributed by atoms with Gasteiger partial charge in [-0.25, -0.2) is 4.98 Å². The quantitative estimate of drug-likeness (QED) is 0.808. The van der Waals surface area contributed by atoms with Crippen LogP contribution in [-0.2, 0) is 6.42 Å². The molecule has 0 saturated carbocycles. The molecule has 2 aromatic rings. The molecular weight excluding hydrogens is 224 g/mol. The summed E-state index contributed by atoms with van der Waals surface area (Å²) in [6.07, 6.45) is 2.83. The van der Waals surface area contributed by atoms with E-state index in [2.05, 4.69) is 35.0 Å². The number of hydrogen-bond acceptors (Lipinski definition) is 3. The van der Waals surface area contributed by atoms with Gasteiger partial charge in [-0.3, -0.25) is 0 Å². The molecule has 0 amide bonds. The first-order valence-electron chi connectivity index (χ1n) is 6.36. The second kappa shape index (κ2) is 5.83. The van der Waals surface area contributed by atoms with Gasteiger partial charge in [-0.15, -0.1) is 0 Å². The van der Waals surface area contributed by atoms with Crippen molar-refractivity contribution in [3.05, 3.63) is 36.0 Å². The van der Waals surface area contributed by atoms with Crippen LogP contribution in [0.2, 0.25) is 0 Å². The predicted molar refractivity (Wildman–Crippen MR) is 75.2 cm³/mol. The van der Waals surface area contributed by atoms with E-state index in [4.69, 9.17) is 4.74 Å². The summed E-state index contributed by atoms with van der Waals surface area (Å²) in [7, 11) is 4.07. The third kappa shape index (κ3) is 2.99. The molecule has 0 unspecified atom stereocenters. The zero-order chi connectivity index (χ0) is 13.0. The van der Waals surface area contributed by atoms with Crippen molar-refractivity contribution in [3.8, 4) is 5.88 Å². The summed E-state index contributed by atoms with van der Waals surface area (Å²) in [5.74, 6) is 0.740.